The predicted molar refractivity (Wildman–Crippen MR) is 88.9 cm³/mol. The predicted octanol–water partition coefficient (Wildman–Crippen LogP) is 2.25. The van der Waals surface area contributed by atoms with Crippen molar-refractivity contribution in [2.75, 3.05) is 20.2 Å². The number of carbonyl (C=O) groups excluding carboxylic acids is 1. The third-order valence-electron chi connectivity index (χ3n) is 5.60. The molecule has 1 N–H and O–H groups in total. The molecule has 24 heavy (non-hydrogen) atoms. The van der Waals surface area contributed by atoms with Gasteiger partial charge in [-0.1, -0.05) is 6.42 Å². The van der Waals surface area contributed by atoms with Gasteiger partial charge in [-0.25, -0.2) is 0 Å². The molecule has 6 heteroatoms. The quantitative estimate of drug-likeness (QED) is 0.873. The van der Waals surface area contributed by atoms with Gasteiger partial charge in [0.25, 0.3) is 0 Å². The number of likely N-dealkylation sites (tertiary alicyclic amines) is 1. The molecule has 0 amide bonds. The largest absolute Gasteiger partial charge is 0.469 e. The first kappa shape index (κ1) is 15.3. The van der Waals surface area contributed by atoms with Crippen LogP contribution in [0.3, 0.4) is 0 Å². The van der Waals surface area contributed by atoms with E-state index in [1.807, 2.05) is 24.5 Å². The van der Waals surface area contributed by atoms with Crippen molar-refractivity contribution >= 4 is 5.97 Å². The summed E-state index contributed by atoms with van der Waals surface area (Å²) in [4.78, 5) is 18.9. The Hall–Kier alpha value is -2.21. The van der Waals surface area contributed by atoms with Crippen LogP contribution in [0.15, 0.2) is 30.7 Å². The first-order valence-electron chi connectivity index (χ1n) is 8.46. The number of aromatic nitrogens is 3. The first-order valence-corrected chi connectivity index (χ1v) is 8.46. The number of fused-ring (bicyclic) bond motifs is 1. The molecule has 1 saturated heterocycles. The molecule has 0 spiro atoms. The van der Waals surface area contributed by atoms with Crippen LogP contribution in [0.5, 0.6) is 0 Å². The molecule has 2 aliphatic rings. The molecule has 2 atom stereocenters. The van der Waals surface area contributed by atoms with Crippen LogP contribution >= 0.6 is 0 Å². The van der Waals surface area contributed by atoms with Crippen LogP contribution in [0.1, 0.15) is 24.8 Å². The van der Waals surface area contributed by atoms with Crippen molar-refractivity contribution in [3.05, 3.63) is 36.3 Å². The molecule has 2 aromatic heterocycles. The highest BCUT2D eigenvalue weighted by Crippen LogP contribution is 2.49. The lowest BCUT2D eigenvalue weighted by atomic mass is 9.81. The SMILES string of the molecule is COC(=O)[C@]12CCC[C@@H]1CN(Cc1cn[nH]c1-c1cccnc1)C2. The summed E-state index contributed by atoms with van der Waals surface area (Å²) in [5.74, 6) is 0.380. The summed E-state index contributed by atoms with van der Waals surface area (Å²) in [6, 6.07) is 3.95. The second kappa shape index (κ2) is 6.02. The molecule has 1 aliphatic heterocycles. The number of pyridine rings is 1. The summed E-state index contributed by atoms with van der Waals surface area (Å²) in [6.07, 6.45) is 8.67. The van der Waals surface area contributed by atoms with Crippen molar-refractivity contribution in [3.63, 3.8) is 0 Å². The van der Waals surface area contributed by atoms with E-state index in [0.29, 0.717) is 5.92 Å². The van der Waals surface area contributed by atoms with Gasteiger partial charge in [0.2, 0.25) is 0 Å². The zero-order valence-electron chi connectivity index (χ0n) is 13.9. The van der Waals surface area contributed by atoms with Crippen molar-refractivity contribution in [1.29, 1.82) is 0 Å². The lowest BCUT2D eigenvalue weighted by Crippen LogP contribution is -2.36. The third kappa shape index (κ3) is 2.41. The molecular weight excluding hydrogens is 304 g/mol. The van der Waals surface area contributed by atoms with Gasteiger partial charge < -0.3 is 4.74 Å². The highest BCUT2D eigenvalue weighted by atomic mass is 16.5. The number of hydrogen-bond acceptors (Lipinski definition) is 5. The molecular formula is C18H22N4O2. The number of ether oxygens (including phenoxy) is 1. The number of esters is 1. The van der Waals surface area contributed by atoms with Gasteiger partial charge in [0.1, 0.15) is 0 Å². The van der Waals surface area contributed by atoms with E-state index in [1.54, 1.807) is 6.20 Å². The summed E-state index contributed by atoms with van der Waals surface area (Å²) < 4.78 is 5.12. The molecule has 3 heterocycles. The minimum atomic E-state index is -0.299. The standard InChI is InChI=1S/C18H22N4O2/c1-24-17(23)18-6-2-5-15(18)11-22(12-18)10-14-9-20-21-16(14)13-4-3-7-19-8-13/h3-4,7-9,15H,2,5-6,10-12H2,1H3,(H,20,21)/t15-,18+/m1/s1. The molecule has 0 aromatic carbocycles. The minimum Gasteiger partial charge on any atom is -0.469 e. The van der Waals surface area contributed by atoms with E-state index in [0.717, 1.165) is 55.7 Å². The molecule has 2 fully saturated rings. The number of nitrogens with one attached hydrogen (secondary N) is 1. The summed E-state index contributed by atoms with van der Waals surface area (Å²) in [7, 11) is 1.51. The summed E-state index contributed by atoms with van der Waals surface area (Å²) in [5.41, 5.74) is 2.88. The number of aromatic amines is 1. The van der Waals surface area contributed by atoms with Crippen molar-refractivity contribution in [2.24, 2.45) is 11.3 Å². The van der Waals surface area contributed by atoms with E-state index in [4.69, 9.17) is 4.74 Å². The second-order valence-corrected chi connectivity index (χ2v) is 6.92. The Morgan fingerprint density at radius 1 is 1.50 bits per heavy atom. The fourth-order valence-corrected chi connectivity index (χ4v) is 4.48. The maximum Gasteiger partial charge on any atom is 0.313 e. The molecule has 1 saturated carbocycles. The molecule has 0 radical (unpaired) electrons. The average Bonchev–Trinajstić information content (AvgIpc) is 3.29. The fraction of sp³-hybridized carbons (Fsp3) is 0.500. The van der Waals surface area contributed by atoms with Gasteiger partial charge in [-0.3, -0.25) is 19.8 Å². The van der Waals surface area contributed by atoms with Crippen LogP contribution in [0.2, 0.25) is 0 Å². The molecule has 4 rings (SSSR count). The Kier molecular flexibility index (Phi) is 3.84. The topological polar surface area (TPSA) is 71.1 Å². The lowest BCUT2D eigenvalue weighted by Gasteiger charge is -2.25. The van der Waals surface area contributed by atoms with Gasteiger partial charge in [-0.15, -0.1) is 0 Å². The van der Waals surface area contributed by atoms with E-state index in [-0.39, 0.29) is 11.4 Å². The smallest absolute Gasteiger partial charge is 0.313 e. The number of H-pyrrole nitrogens is 1. The van der Waals surface area contributed by atoms with E-state index in [2.05, 4.69) is 20.1 Å². The van der Waals surface area contributed by atoms with Crippen molar-refractivity contribution in [2.45, 2.75) is 25.8 Å². The van der Waals surface area contributed by atoms with Gasteiger partial charge in [-0.05, 0) is 30.9 Å². The zero-order chi connectivity index (χ0) is 16.6. The molecule has 6 nitrogen and oxygen atoms in total. The molecule has 126 valence electrons. The first-order chi connectivity index (χ1) is 11.7. The number of nitrogens with zero attached hydrogens (tertiary/aromatic N) is 3. The normalized spacial score (nSPS) is 26.5. The number of rotatable bonds is 4. The van der Waals surface area contributed by atoms with Gasteiger partial charge in [0.15, 0.2) is 0 Å². The Bertz CT molecular complexity index is 730. The monoisotopic (exact) mass is 326 g/mol. The van der Waals surface area contributed by atoms with E-state index in [1.165, 1.54) is 7.11 Å². The molecule has 1 aliphatic carbocycles. The van der Waals surface area contributed by atoms with Gasteiger partial charge in [-0.2, -0.15) is 5.10 Å². The van der Waals surface area contributed by atoms with Crippen LogP contribution in [0.4, 0.5) is 0 Å². The number of hydrogen-bond donors (Lipinski definition) is 1. The second-order valence-electron chi connectivity index (χ2n) is 6.92. The van der Waals surface area contributed by atoms with Gasteiger partial charge >= 0.3 is 5.97 Å². The third-order valence-corrected chi connectivity index (χ3v) is 5.60. The highest BCUT2D eigenvalue weighted by molar-refractivity contribution is 5.78. The Morgan fingerprint density at radius 2 is 2.42 bits per heavy atom. The van der Waals surface area contributed by atoms with E-state index >= 15 is 0 Å². The van der Waals surface area contributed by atoms with Crippen molar-refractivity contribution in [3.8, 4) is 11.3 Å². The average molecular weight is 326 g/mol. The van der Waals surface area contributed by atoms with Crippen LogP contribution in [-0.4, -0.2) is 46.2 Å². The maximum atomic E-state index is 12.4. The Morgan fingerprint density at radius 3 is 3.21 bits per heavy atom. The summed E-state index contributed by atoms with van der Waals surface area (Å²) in [5, 5.41) is 7.29. The molecule has 0 bridgehead atoms. The van der Waals surface area contributed by atoms with E-state index < -0.39 is 0 Å². The lowest BCUT2D eigenvalue weighted by molar-refractivity contribution is -0.153. The minimum absolute atomic E-state index is 0.0350. The van der Waals surface area contributed by atoms with Crippen molar-refractivity contribution in [1.82, 2.24) is 20.1 Å². The fourth-order valence-electron chi connectivity index (χ4n) is 4.48. The number of methoxy groups -OCH3 is 1. The van der Waals surface area contributed by atoms with Crippen LogP contribution in [-0.2, 0) is 16.1 Å². The summed E-state index contributed by atoms with van der Waals surface area (Å²) in [6.45, 7) is 2.52. The van der Waals surface area contributed by atoms with Crippen LogP contribution in [0.25, 0.3) is 11.3 Å². The van der Waals surface area contributed by atoms with Gasteiger partial charge in [0.05, 0.1) is 24.4 Å². The van der Waals surface area contributed by atoms with Crippen LogP contribution < -0.4 is 0 Å². The highest BCUT2D eigenvalue weighted by Gasteiger charge is 2.55. The van der Waals surface area contributed by atoms with Crippen LogP contribution in [0, 0.1) is 11.3 Å². The maximum absolute atomic E-state index is 12.4. The summed E-state index contributed by atoms with van der Waals surface area (Å²) >= 11 is 0. The van der Waals surface area contributed by atoms with Gasteiger partial charge in [0, 0.05) is 43.2 Å². The molecule has 2 aromatic rings. The Labute approximate surface area is 141 Å². The Balaban J connectivity index is 1.54. The van der Waals surface area contributed by atoms with E-state index in [9.17, 15) is 4.79 Å². The number of carbonyl (C=O) groups is 1. The molecule has 0 unspecified atom stereocenters. The zero-order valence-corrected chi connectivity index (χ0v) is 13.9. The van der Waals surface area contributed by atoms with Crippen molar-refractivity contribution < 1.29 is 9.53 Å².